The van der Waals surface area contributed by atoms with Gasteiger partial charge in [-0.05, 0) is 30.3 Å². The highest BCUT2D eigenvalue weighted by molar-refractivity contribution is 5.89. The van der Waals surface area contributed by atoms with E-state index in [0.717, 1.165) is 11.9 Å². The predicted octanol–water partition coefficient (Wildman–Crippen LogP) is 3.10. The van der Waals surface area contributed by atoms with Crippen molar-refractivity contribution in [3.63, 3.8) is 0 Å². The summed E-state index contributed by atoms with van der Waals surface area (Å²) >= 11 is 0. The Bertz CT molecular complexity index is 916. The number of urea groups is 1. The minimum Gasteiger partial charge on any atom is -0.353 e. The van der Waals surface area contributed by atoms with Crippen LogP contribution in [0.15, 0.2) is 42.6 Å². The number of nitrogens with zero attached hydrogens (tertiary/aromatic N) is 3. The summed E-state index contributed by atoms with van der Waals surface area (Å²) in [5.74, 6) is -0.711. The van der Waals surface area contributed by atoms with Gasteiger partial charge < -0.3 is 20.4 Å². The minimum absolute atomic E-state index is 0.0123. The van der Waals surface area contributed by atoms with Crippen molar-refractivity contribution >= 4 is 23.4 Å². The molecule has 0 radical (unpaired) electrons. The van der Waals surface area contributed by atoms with Gasteiger partial charge in [0.1, 0.15) is 11.6 Å². The first-order valence-corrected chi connectivity index (χ1v) is 9.59. The lowest BCUT2D eigenvalue weighted by atomic mass is 10.2. The standard InChI is InChI=1S/C20H21F4N5O2/c21-16-5-4-14(13-15(16)20(22,23)24)27-19(31)26-8-6-18(30)29-11-9-28(10-12-29)17-3-1-2-7-25-17/h1-5,7,13H,6,8-12H2,(H2,26,27,31). The lowest BCUT2D eigenvalue weighted by molar-refractivity contribution is -0.140. The molecule has 7 nitrogen and oxygen atoms in total. The number of benzene rings is 1. The van der Waals surface area contributed by atoms with Crippen molar-refractivity contribution in [2.75, 3.05) is 42.9 Å². The first-order valence-electron chi connectivity index (χ1n) is 9.59. The van der Waals surface area contributed by atoms with Crippen LogP contribution in [-0.4, -0.2) is 54.5 Å². The van der Waals surface area contributed by atoms with E-state index < -0.39 is 23.6 Å². The number of carbonyl (C=O) groups is 2. The quantitative estimate of drug-likeness (QED) is 0.702. The molecule has 0 spiro atoms. The minimum atomic E-state index is -4.87. The van der Waals surface area contributed by atoms with Crippen molar-refractivity contribution in [2.45, 2.75) is 12.6 Å². The van der Waals surface area contributed by atoms with Crippen LogP contribution in [0.1, 0.15) is 12.0 Å². The summed E-state index contributed by atoms with van der Waals surface area (Å²) < 4.78 is 51.5. The van der Waals surface area contributed by atoms with Crippen LogP contribution in [0.4, 0.5) is 33.9 Å². The number of amides is 3. The van der Waals surface area contributed by atoms with E-state index in [1.165, 1.54) is 0 Å². The van der Waals surface area contributed by atoms with Crippen molar-refractivity contribution in [3.8, 4) is 0 Å². The molecule has 1 aliphatic heterocycles. The van der Waals surface area contributed by atoms with Gasteiger partial charge in [0.15, 0.2) is 0 Å². The number of carbonyl (C=O) groups excluding carboxylic acids is 2. The number of rotatable bonds is 5. The molecule has 0 aliphatic carbocycles. The molecule has 166 valence electrons. The van der Waals surface area contributed by atoms with Crippen LogP contribution >= 0.6 is 0 Å². The average Bonchev–Trinajstić information content (AvgIpc) is 2.75. The Kier molecular flexibility index (Phi) is 6.93. The van der Waals surface area contributed by atoms with Gasteiger partial charge >= 0.3 is 12.2 Å². The summed E-state index contributed by atoms with van der Waals surface area (Å²) in [5.41, 5.74) is -1.67. The van der Waals surface area contributed by atoms with E-state index in [2.05, 4.69) is 20.5 Å². The Morgan fingerprint density at radius 1 is 1.06 bits per heavy atom. The van der Waals surface area contributed by atoms with Gasteiger partial charge in [0.2, 0.25) is 5.91 Å². The van der Waals surface area contributed by atoms with Crippen LogP contribution in [0.5, 0.6) is 0 Å². The summed E-state index contributed by atoms with van der Waals surface area (Å²) in [6.45, 7) is 2.35. The second-order valence-corrected chi connectivity index (χ2v) is 6.88. The number of alkyl halides is 3. The van der Waals surface area contributed by atoms with Gasteiger partial charge in [-0.2, -0.15) is 13.2 Å². The monoisotopic (exact) mass is 439 g/mol. The average molecular weight is 439 g/mol. The van der Waals surface area contributed by atoms with E-state index in [1.807, 2.05) is 18.2 Å². The van der Waals surface area contributed by atoms with Crippen molar-refractivity contribution in [3.05, 3.63) is 54.0 Å². The van der Waals surface area contributed by atoms with Gasteiger partial charge in [0, 0.05) is 51.0 Å². The van der Waals surface area contributed by atoms with Crippen molar-refractivity contribution in [1.82, 2.24) is 15.2 Å². The maximum atomic E-state index is 13.3. The molecule has 0 atom stereocenters. The molecule has 11 heteroatoms. The Morgan fingerprint density at radius 3 is 2.45 bits per heavy atom. The number of hydrogen-bond donors (Lipinski definition) is 2. The van der Waals surface area contributed by atoms with E-state index in [4.69, 9.17) is 0 Å². The molecule has 1 aromatic heterocycles. The van der Waals surface area contributed by atoms with E-state index in [0.29, 0.717) is 38.3 Å². The van der Waals surface area contributed by atoms with E-state index in [-0.39, 0.29) is 24.6 Å². The van der Waals surface area contributed by atoms with Crippen LogP contribution in [0.2, 0.25) is 0 Å². The number of nitrogens with one attached hydrogen (secondary N) is 2. The topological polar surface area (TPSA) is 77.6 Å². The Labute approximate surface area is 176 Å². The maximum absolute atomic E-state index is 13.3. The second kappa shape index (κ2) is 9.63. The van der Waals surface area contributed by atoms with Gasteiger partial charge in [-0.1, -0.05) is 6.07 Å². The zero-order chi connectivity index (χ0) is 22.4. The zero-order valence-corrected chi connectivity index (χ0v) is 16.5. The molecule has 3 amide bonds. The number of pyridine rings is 1. The molecule has 1 saturated heterocycles. The largest absolute Gasteiger partial charge is 0.419 e. The number of hydrogen-bond acceptors (Lipinski definition) is 4. The smallest absolute Gasteiger partial charge is 0.353 e. The van der Waals surface area contributed by atoms with Crippen LogP contribution < -0.4 is 15.5 Å². The first-order chi connectivity index (χ1) is 14.7. The first kappa shape index (κ1) is 22.3. The molecule has 0 bridgehead atoms. The van der Waals surface area contributed by atoms with Crippen LogP contribution in [0, 0.1) is 5.82 Å². The van der Waals surface area contributed by atoms with Crippen LogP contribution in [0.3, 0.4) is 0 Å². The summed E-state index contributed by atoms with van der Waals surface area (Å²) in [4.78, 5) is 32.3. The normalized spacial score (nSPS) is 14.3. The number of aromatic nitrogens is 1. The molecule has 2 heterocycles. The van der Waals surface area contributed by atoms with Gasteiger partial charge in [0.05, 0.1) is 5.56 Å². The molecule has 31 heavy (non-hydrogen) atoms. The molecular weight excluding hydrogens is 418 g/mol. The lowest BCUT2D eigenvalue weighted by Gasteiger charge is -2.35. The summed E-state index contributed by atoms with van der Waals surface area (Å²) in [6, 6.07) is 7.01. The summed E-state index contributed by atoms with van der Waals surface area (Å²) in [6.07, 6.45) is -3.11. The molecular formula is C20H21F4N5O2. The van der Waals surface area contributed by atoms with Crippen molar-refractivity contribution in [1.29, 1.82) is 0 Å². The van der Waals surface area contributed by atoms with E-state index >= 15 is 0 Å². The number of piperazine rings is 1. The van der Waals surface area contributed by atoms with Gasteiger partial charge in [-0.25, -0.2) is 14.2 Å². The molecule has 2 N–H and O–H groups in total. The third-order valence-electron chi connectivity index (χ3n) is 4.76. The van der Waals surface area contributed by atoms with E-state index in [9.17, 15) is 27.2 Å². The Morgan fingerprint density at radius 2 is 1.81 bits per heavy atom. The lowest BCUT2D eigenvalue weighted by Crippen LogP contribution is -2.49. The predicted molar refractivity (Wildman–Crippen MR) is 106 cm³/mol. The number of halogens is 4. The molecule has 0 unspecified atom stereocenters. The fourth-order valence-corrected chi connectivity index (χ4v) is 3.16. The van der Waals surface area contributed by atoms with Crippen molar-refractivity contribution in [2.24, 2.45) is 0 Å². The number of anilines is 2. The maximum Gasteiger partial charge on any atom is 0.419 e. The Balaban J connectivity index is 1.41. The second-order valence-electron chi connectivity index (χ2n) is 6.88. The van der Waals surface area contributed by atoms with Crippen molar-refractivity contribution < 1.29 is 27.2 Å². The molecule has 1 aliphatic rings. The third kappa shape index (κ3) is 6.06. The SMILES string of the molecule is O=C(NCCC(=O)N1CCN(c2ccccn2)CC1)Nc1ccc(F)c(C(F)(F)F)c1. The molecule has 2 aromatic rings. The summed E-state index contributed by atoms with van der Waals surface area (Å²) in [7, 11) is 0. The van der Waals surface area contributed by atoms with Gasteiger partial charge in [-0.3, -0.25) is 4.79 Å². The molecule has 1 fully saturated rings. The third-order valence-corrected chi connectivity index (χ3v) is 4.76. The van der Waals surface area contributed by atoms with E-state index in [1.54, 1.807) is 11.1 Å². The van der Waals surface area contributed by atoms with Gasteiger partial charge in [-0.15, -0.1) is 0 Å². The Hall–Kier alpha value is -3.37. The van der Waals surface area contributed by atoms with Gasteiger partial charge in [0.25, 0.3) is 0 Å². The zero-order valence-electron chi connectivity index (χ0n) is 16.5. The molecule has 1 aromatic carbocycles. The fraction of sp³-hybridized carbons (Fsp3) is 0.350. The van der Waals surface area contributed by atoms with Crippen LogP contribution in [-0.2, 0) is 11.0 Å². The molecule has 3 rings (SSSR count). The molecule has 0 saturated carbocycles. The highest BCUT2D eigenvalue weighted by Crippen LogP contribution is 2.32. The highest BCUT2D eigenvalue weighted by atomic mass is 19.4. The highest BCUT2D eigenvalue weighted by Gasteiger charge is 2.34. The fourth-order valence-electron chi connectivity index (χ4n) is 3.16. The van der Waals surface area contributed by atoms with Crippen LogP contribution in [0.25, 0.3) is 0 Å². The summed E-state index contributed by atoms with van der Waals surface area (Å²) in [5, 5.41) is 4.62.